The van der Waals surface area contributed by atoms with Crippen LogP contribution in [0.3, 0.4) is 0 Å². The molecule has 0 aliphatic rings. The van der Waals surface area contributed by atoms with Gasteiger partial charge in [-0.25, -0.2) is 14.7 Å². The molecule has 8 heteroatoms. The average molecular weight is 491 g/mol. The van der Waals surface area contributed by atoms with E-state index in [2.05, 4.69) is 16.3 Å². The van der Waals surface area contributed by atoms with Crippen molar-refractivity contribution in [1.29, 1.82) is 0 Å². The summed E-state index contributed by atoms with van der Waals surface area (Å²) in [6.45, 7) is 0.124. The molecule has 0 aliphatic heterocycles. The van der Waals surface area contributed by atoms with Gasteiger partial charge in [0, 0.05) is 11.1 Å². The number of aromatic amines is 1. The highest BCUT2D eigenvalue weighted by Crippen LogP contribution is 2.33. The standard InChI is InChI=1S/C29H22N4O4/c1-35-33(29(34)20-9-3-2-4-10-20)36-18-19-8-7-13-23(14-19)27-24(17-30-32-27)28-31-25-15-21-11-5-6-12-22(21)16-26(25)37-28/h2-17H,18H2,1H3,(H,30,32). The third-order valence-corrected chi connectivity index (χ3v) is 6.04. The van der Waals surface area contributed by atoms with Crippen molar-refractivity contribution in [2.24, 2.45) is 0 Å². The highest BCUT2D eigenvalue weighted by atomic mass is 16.9. The number of fused-ring (bicyclic) bond motifs is 2. The molecule has 0 saturated heterocycles. The van der Waals surface area contributed by atoms with Crippen molar-refractivity contribution in [3.8, 4) is 22.7 Å². The van der Waals surface area contributed by atoms with Crippen LogP contribution in [0.15, 0.2) is 102 Å². The monoisotopic (exact) mass is 490 g/mol. The van der Waals surface area contributed by atoms with Crippen LogP contribution in [0.4, 0.5) is 0 Å². The number of carbonyl (C=O) groups excluding carboxylic acids is 1. The lowest BCUT2D eigenvalue weighted by Crippen LogP contribution is -2.30. The van der Waals surface area contributed by atoms with Gasteiger partial charge in [-0.05, 0) is 46.7 Å². The van der Waals surface area contributed by atoms with Crippen molar-refractivity contribution in [2.45, 2.75) is 6.61 Å². The van der Waals surface area contributed by atoms with E-state index in [1.54, 1.807) is 30.5 Å². The van der Waals surface area contributed by atoms with Gasteiger partial charge < -0.3 is 4.42 Å². The first-order valence-corrected chi connectivity index (χ1v) is 11.7. The van der Waals surface area contributed by atoms with Crippen LogP contribution < -0.4 is 0 Å². The number of hydroxylamine groups is 2. The number of hydrogen-bond donors (Lipinski definition) is 1. The van der Waals surface area contributed by atoms with Crippen molar-refractivity contribution in [3.63, 3.8) is 0 Å². The van der Waals surface area contributed by atoms with E-state index in [-0.39, 0.29) is 6.61 Å². The first-order valence-electron chi connectivity index (χ1n) is 11.7. The lowest BCUT2D eigenvalue weighted by Gasteiger charge is -2.18. The zero-order valence-corrected chi connectivity index (χ0v) is 19.9. The van der Waals surface area contributed by atoms with Gasteiger partial charge in [0.2, 0.25) is 5.89 Å². The molecule has 8 nitrogen and oxygen atoms in total. The maximum Gasteiger partial charge on any atom is 0.303 e. The van der Waals surface area contributed by atoms with Crippen molar-refractivity contribution in [3.05, 3.63) is 108 Å². The number of oxazole rings is 1. The molecule has 2 heterocycles. The number of amides is 1. The molecule has 0 radical (unpaired) electrons. The van der Waals surface area contributed by atoms with E-state index in [4.69, 9.17) is 19.1 Å². The van der Waals surface area contributed by atoms with Crippen molar-refractivity contribution < 1.29 is 18.9 Å². The van der Waals surface area contributed by atoms with Crippen molar-refractivity contribution in [2.75, 3.05) is 7.11 Å². The molecule has 1 N–H and O–H groups in total. The minimum absolute atomic E-state index is 0.124. The fraction of sp³-hybridized carbons (Fsp3) is 0.0690. The Kier molecular flexibility index (Phi) is 5.94. The van der Waals surface area contributed by atoms with E-state index < -0.39 is 5.91 Å². The third kappa shape index (κ3) is 4.47. The Balaban J connectivity index is 1.25. The topological polar surface area (TPSA) is 93.5 Å². The molecule has 6 aromatic rings. The summed E-state index contributed by atoms with van der Waals surface area (Å²) >= 11 is 0. The van der Waals surface area contributed by atoms with Crippen molar-refractivity contribution >= 4 is 27.8 Å². The quantitative estimate of drug-likeness (QED) is 0.269. The minimum atomic E-state index is -0.390. The van der Waals surface area contributed by atoms with Crippen LogP contribution in [-0.2, 0) is 16.3 Å². The highest BCUT2D eigenvalue weighted by molar-refractivity contribution is 5.95. The van der Waals surface area contributed by atoms with Gasteiger partial charge in [-0.3, -0.25) is 9.89 Å². The predicted octanol–water partition coefficient (Wildman–Crippen LogP) is 6.17. The van der Waals surface area contributed by atoms with Gasteiger partial charge in [0.15, 0.2) is 5.58 Å². The maximum absolute atomic E-state index is 12.6. The molecule has 0 saturated carbocycles. The Morgan fingerprint density at radius 2 is 1.73 bits per heavy atom. The largest absolute Gasteiger partial charge is 0.436 e. The van der Waals surface area contributed by atoms with E-state index in [1.165, 1.54) is 7.11 Å². The zero-order valence-electron chi connectivity index (χ0n) is 19.9. The van der Waals surface area contributed by atoms with Gasteiger partial charge in [0.1, 0.15) is 12.1 Å². The second-order valence-corrected chi connectivity index (χ2v) is 8.43. The molecule has 2 aromatic heterocycles. The molecule has 6 rings (SSSR count). The second kappa shape index (κ2) is 9.69. The lowest BCUT2D eigenvalue weighted by molar-refractivity contribution is -0.320. The van der Waals surface area contributed by atoms with Crippen LogP contribution in [0, 0.1) is 0 Å². The Morgan fingerprint density at radius 1 is 0.946 bits per heavy atom. The first kappa shape index (κ1) is 22.7. The first-order chi connectivity index (χ1) is 18.2. The van der Waals surface area contributed by atoms with E-state index in [0.29, 0.717) is 17.0 Å². The molecule has 0 aliphatic carbocycles. The Morgan fingerprint density at radius 3 is 2.54 bits per heavy atom. The van der Waals surface area contributed by atoms with E-state index in [0.717, 1.165) is 43.9 Å². The summed E-state index contributed by atoms with van der Waals surface area (Å²) in [5.74, 6) is 0.0912. The predicted molar refractivity (Wildman–Crippen MR) is 139 cm³/mol. The Bertz CT molecular complexity index is 1660. The average Bonchev–Trinajstić information content (AvgIpc) is 3.59. The van der Waals surface area contributed by atoms with Crippen LogP contribution in [0.5, 0.6) is 0 Å². The number of aromatic nitrogens is 3. The Hall–Kier alpha value is -4.79. The van der Waals surface area contributed by atoms with E-state index >= 15 is 0 Å². The lowest BCUT2D eigenvalue weighted by atomic mass is 10.1. The molecule has 1 amide bonds. The van der Waals surface area contributed by atoms with Crippen LogP contribution in [0.1, 0.15) is 15.9 Å². The molecule has 4 aromatic carbocycles. The summed E-state index contributed by atoms with van der Waals surface area (Å²) < 4.78 is 6.12. The van der Waals surface area contributed by atoms with E-state index in [1.807, 2.05) is 60.7 Å². The molecule has 0 bridgehead atoms. The normalized spacial score (nSPS) is 11.3. The van der Waals surface area contributed by atoms with Gasteiger partial charge in [0.05, 0.1) is 24.6 Å². The number of H-pyrrole nitrogens is 1. The molecular formula is C29H22N4O4. The summed E-state index contributed by atoms with van der Waals surface area (Å²) in [6, 6.07) is 28.7. The van der Waals surface area contributed by atoms with Crippen molar-refractivity contribution in [1.82, 2.24) is 20.4 Å². The van der Waals surface area contributed by atoms with Gasteiger partial charge in [-0.1, -0.05) is 65.9 Å². The molecular weight excluding hydrogens is 468 g/mol. The Labute approximate surface area is 212 Å². The summed E-state index contributed by atoms with van der Waals surface area (Å²) in [5, 5.41) is 10.4. The van der Waals surface area contributed by atoms with Gasteiger partial charge in [0.25, 0.3) is 0 Å². The summed E-state index contributed by atoms with van der Waals surface area (Å²) in [7, 11) is 1.39. The van der Waals surface area contributed by atoms with Crippen LogP contribution in [0.25, 0.3) is 44.6 Å². The van der Waals surface area contributed by atoms with Crippen LogP contribution in [-0.4, -0.2) is 33.4 Å². The summed E-state index contributed by atoms with van der Waals surface area (Å²) in [4.78, 5) is 28.2. The maximum atomic E-state index is 12.6. The van der Waals surface area contributed by atoms with Gasteiger partial charge >= 0.3 is 5.91 Å². The fourth-order valence-corrected chi connectivity index (χ4v) is 4.23. The van der Waals surface area contributed by atoms with Gasteiger partial charge in [-0.15, -0.1) is 0 Å². The third-order valence-electron chi connectivity index (χ3n) is 6.04. The minimum Gasteiger partial charge on any atom is -0.436 e. The van der Waals surface area contributed by atoms with Gasteiger partial charge in [-0.2, -0.15) is 5.10 Å². The van der Waals surface area contributed by atoms with Crippen LogP contribution in [0.2, 0.25) is 0 Å². The SMILES string of the molecule is CON(OCc1cccc(-c2[nH]ncc2-c2nc3cc4ccccc4cc3o2)c1)C(=O)c1ccccc1. The molecule has 37 heavy (non-hydrogen) atoms. The number of nitrogens with zero attached hydrogens (tertiary/aromatic N) is 3. The molecule has 0 fully saturated rings. The molecule has 0 atom stereocenters. The highest BCUT2D eigenvalue weighted by Gasteiger charge is 2.19. The molecule has 182 valence electrons. The number of hydrogen-bond acceptors (Lipinski definition) is 6. The number of rotatable bonds is 7. The number of benzene rings is 4. The smallest absolute Gasteiger partial charge is 0.303 e. The van der Waals surface area contributed by atoms with E-state index in [9.17, 15) is 4.79 Å². The molecule has 0 spiro atoms. The number of carbonyl (C=O) groups is 1. The van der Waals surface area contributed by atoms with Crippen LogP contribution >= 0.6 is 0 Å². The fourth-order valence-electron chi connectivity index (χ4n) is 4.23. The summed E-state index contributed by atoms with van der Waals surface area (Å²) in [5.41, 5.74) is 5.19. The molecule has 0 unspecified atom stereocenters. The second-order valence-electron chi connectivity index (χ2n) is 8.43. The zero-order chi connectivity index (χ0) is 25.2. The number of nitrogens with one attached hydrogen (secondary N) is 1. The summed E-state index contributed by atoms with van der Waals surface area (Å²) in [6.07, 6.45) is 1.70.